The number of pyridine rings is 1. The summed E-state index contributed by atoms with van der Waals surface area (Å²) in [5, 5.41) is 27.6. The molecule has 0 aliphatic carbocycles. The van der Waals surface area contributed by atoms with E-state index in [0.29, 0.717) is 0 Å². The maximum Gasteiger partial charge on any atom is 0.291 e. The molecule has 1 aromatic heterocycles. The van der Waals surface area contributed by atoms with Crippen LogP contribution in [-0.4, -0.2) is 9.91 Å². The quantitative estimate of drug-likeness (QED) is 0.590. The Morgan fingerprint density at radius 2 is 2.18 bits per heavy atom. The van der Waals surface area contributed by atoms with Crippen molar-refractivity contribution in [2.75, 3.05) is 0 Å². The second kappa shape index (κ2) is 4.94. The van der Waals surface area contributed by atoms with Gasteiger partial charge in [-0.25, -0.2) is 13.8 Å². The number of rotatable bonds is 3. The van der Waals surface area contributed by atoms with Crippen molar-refractivity contribution in [1.29, 1.82) is 10.5 Å². The molecular formula is C9H4F2N4O2. The van der Waals surface area contributed by atoms with Gasteiger partial charge in [-0.2, -0.15) is 10.5 Å². The second-order valence-corrected chi connectivity index (χ2v) is 2.90. The molecule has 0 bridgehead atoms. The first-order valence-electron chi connectivity index (χ1n) is 4.24. The minimum Gasteiger partial charge on any atom is -0.258 e. The van der Waals surface area contributed by atoms with Crippen molar-refractivity contribution in [3.63, 3.8) is 0 Å². The molecule has 0 radical (unpaired) electrons. The van der Waals surface area contributed by atoms with Crippen LogP contribution in [0.15, 0.2) is 6.07 Å². The van der Waals surface area contributed by atoms with E-state index in [4.69, 9.17) is 10.5 Å². The summed E-state index contributed by atoms with van der Waals surface area (Å²) in [7, 11) is 0. The van der Waals surface area contributed by atoms with Gasteiger partial charge in [-0.05, 0) is 0 Å². The summed E-state index contributed by atoms with van der Waals surface area (Å²) in [5.41, 5.74) is -2.66. The molecule has 1 aromatic rings. The highest BCUT2D eigenvalue weighted by Crippen LogP contribution is 2.28. The van der Waals surface area contributed by atoms with E-state index in [2.05, 4.69) is 4.98 Å². The third-order valence-electron chi connectivity index (χ3n) is 1.86. The fourth-order valence-electron chi connectivity index (χ4n) is 1.19. The molecular weight excluding hydrogens is 234 g/mol. The lowest BCUT2D eigenvalue weighted by Crippen LogP contribution is -2.04. The molecule has 0 unspecified atom stereocenters. The largest absolute Gasteiger partial charge is 0.291 e. The van der Waals surface area contributed by atoms with Gasteiger partial charge >= 0.3 is 0 Å². The standard InChI is InChI=1S/C9H4F2N4O2/c10-9(11)8-6(4-13)7(15(16)17)3-5(14-8)1-2-12/h3,9H,1H2. The zero-order valence-corrected chi connectivity index (χ0v) is 8.22. The van der Waals surface area contributed by atoms with Gasteiger partial charge in [-0.3, -0.25) is 10.1 Å². The molecule has 1 heterocycles. The third kappa shape index (κ3) is 2.49. The predicted molar refractivity (Wildman–Crippen MR) is 49.9 cm³/mol. The normalized spacial score (nSPS) is 9.71. The molecule has 0 amide bonds. The lowest BCUT2D eigenvalue weighted by Gasteiger charge is -2.04. The topological polar surface area (TPSA) is 104 Å². The monoisotopic (exact) mass is 238 g/mol. The van der Waals surface area contributed by atoms with Crippen LogP contribution in [0.4, 0.5) is 14.5 Å². The van der Waals surface area contributed by atoms with Gasteiger partial charge in [0.1, 0.15) is 11.8 Å². The van der Waals surface area contributed by atoms with Crippen LogP contribution in [0, 0.1) is 32.8 Å². The highest BCUT2D eigenvalue weighted by molar-refractivity contribution is 5.52. The van der Waals surface area contributed by atoms with Crippen LogP contribution >= 0.6 is 0 Å². The Morgan fingerprint density at radius 3 is 2.59 bits per heavy atom. The van der Waals surface area contributed by atoms with E-state index >= 15 is 0 Å². The Balaban J connectivity index is 3.54. The maximum absolute atomic E-state index is 12.6. The first kappa shape index (κ1) is 12.5. The number of aromatic nitrogens is 1. The summed E-state index contributed by atoms with van der Waals surface area (Å²) >= 11 is 0. The van der Waals surface area contributed by atoms with E-state index in [1.807, 2.05) is 0 Å². The molecule has 1 rings (SSSR count). The number of halogens is 2. The molecule has 6 nitrogen and oxygen atoms in total. The highest BCUT2D eigenvalue weighted by Gasteiger charge is 2.25. The Labute approximate surface area is 93.9 Å². The molecule has 0 atom stereocenters. The molecule has 0 spiro atoms. The van der Waals surface area contributed by atoms with Crippen molar-refractivity contribution in [3.8, 4) is 12.1 Å². The second-order valence-electron chi connectivity index (χ2n) is 2.90. The SMILES string of the molecule is N#CCc1cc([N+](=O)[O-])c(C#N)c(C(F)F)n1. The zero-order chi connectivity index (χ0) is 13.0. The number of nitrogens with zero attached hydrogens (tertiary/aromatic N) is 4. The van der Waals surface area contributed by atoms with E-state index in [-0.39, 0.29) is 12.1 Å². The molecule has 0 fully saturated rings. The fraction of sp³-hybridized carbons (Fsp3) is 0.222. The van der Waals surface area contributed by atoms with E-state index in [0.717, 1.165) is 6.07 Å². The summed E-state index contributed by atoms with van der Waals surface area (Å²) in [4.78, 5) is 13.0. The molecule has 0 saturated carbocycles. The summed E-state index contributed by atoms with van der Waals surface area (Å²) in [6, 6.07) is 3.82. The molecule has 0 saturated heterocycles. The smallest absolute Gasteiger partial charge is 0.258 e. The minimum absolute atomic E-state index is 0.159. The molecule has 86 valence electrons. The van der Waals surface area contributed by atoms with Gasteiger partial charge in [0.25, 0.3) is 12.1 Å². The molecule has 0 N–H and O–H groups in total. The lowest BCUT2D eigenvalue weighted by molar-refractivity contribution is -0.385. The van der Waals surface area contributed by atoms with Gasteiger partial charge in [0.05, 0.1) is 23.1 Å². The van der Waals surface area contributed by atoms with Gasteiger partial charge in [-0.15, -0.1) is 0 Å². The van der Waals surface area contributed by atoms with Crippen LogP contribution in [0.3, 0.4) is 0 Å². The average molecular weight is 238 g/mol. The molecule has 8 heteroatoms. The Bertz CT molecular complexity index is 545. The molecule has 0 aliphatic heterocycles. The van der Waals surface area contributed by atoms with Crippen LogP contribution in [0.25, 0.3) is 0 Å². The van der Waals surface area contributed by atoms with Crippen molar-refractivity contribution < 1.29 is 13.7 Å². The molecule has 0 aromatic carbocycles. The zero-order valence-electron chi connectivity index (χ0n) is 8.22. The molecule has 17 heavy (non-hydrogen) atoms. The fourth-order valence-corrected chi connectivity index (χ4v) is 1.19. The Hall–Kier alpha value is -2.61. The summed E-state index contributed by atoms with van der Waals surface area (Å²) < 4.78 is 25.1. The summed E-state index contributed by atoms with van der Waals surface area (Å²) in [6.45, 7) is 0. The first-order chi connectivity index (χ1) is 8.01. The van der Waals surface area contributed by atoms with Crippen LogP contribution in [0.5, 0.6) is 0 Å². The van der Waals surface area contributed by atoms with Gasteiger partial charge in [-0.1, -0.05) is 0 Å². The highest BCUT2D eigenvalue weighted by atomic mass is 19.3. The van der Waals surface area contributed by atoms with Gasteiger partial charge in [0.15, 0.2) is 5.56 Å². The van der Waals surface area contributed by atoms with Crippen molar-refractivity contribution in [3.05, 3.63) is 33.1 Å². The van der Waals surface area contributed by atoms with Crippen molar-refractivity contribution in [1.82, 2.24) is 4.98 Å². The van der Waals surface area contributed by atoms with Crippen molar-refractivity contribution in [2.24, 2.45) is 0 Å². The van der Waals surface area contributed by atoms with Crippen molar-refractivity contribution >= 4 is 5.69 Å². The van der Waals surface area contributed by atoms with Gasteiger partial charge in [0.2, 0.25) is 0 Å². The average Bonchev–Trinajstić information content (AvgIpc) is 2.28. The molecule has 0 aliphatic rings. The van der Waals surface area contributed by atoms with Gasteiger partial charge < -0.3 is 0 Å². The summed E-state index contributed by atoms with van der Waals surface area (Å²) in [5.74, 6) is 0. The van der Waals surface area contributed by atoms with Crippen LogP contribution in [-0.2, 0) is 6.42 Å². The number of alkyl halides is 2. The Kier molecular flexibility index (Phi) is 3.62. The maximum atomic E-state index is 12.6. The first-order valence-corrected chi connectivity index (χ1v) is 4.24. The lowest BCUT2D eigenvalue weighted by atomic mass is 10.1. The minimum atomic E-state index is -3.11. The van der Waals surface area contributed by atoms with E-state index in [1.165, 1.54) is 6.07 Å². The van der Waals surface area contributed by atoms with Crippen LogP contribution in [0.2, 0.25) is 0 Å². The summed E-state index contributed by atoms with van der Waals surface area (Å²) in [6.07, 6.45) is -3.45. The van der Waals surface area contributed by atoms with E-state index in [9.17, 15) is 18.9 Å². The van der Waals surface area contributed by atoms with E-state index in [1.54, 1.807) is 6.07 Å². The third-order valence-corrected chi connectivity index (χ3v) is 1.86. The van der Waals surface area contributed by atoms with E-state index < -0.39 is 28.3 Å². The predicted octanol–water partition coefficient (Wildman–Crippen LogP) is 1.87. The van der Waals surface area contributed by atoms with Crippen LogP contribution < -0.4 is 0 Å². The van der Waals surface area contributed by atoms with Crippen molar-refractivity contribution in [2.45, 2.75) is 12.8 Å². The Morgan fingerprint density at radius 1 is 1.53 bits per heavy atom. The number of hydrogen-bond donors (Lipinski definition) is 0. The number of hydrogen-bond acceptors (Lipinski definition) is 5. The number of nitriles is 2. The number of nitro groups is 1. The van der Waals surface area contributed by atoms with Gasteiger partial charge in [0, 0.05) is 6.07 Å². The van der Waals surface area contributed by atoms with Crippen LogP contribution in [0.1, 0.15) is 23.4 Å².